The number of rotatable bonds is 5. The molecular weight excluding hydrogens is 310 g/mol. The van der Waals surface area contributed by atoms with Crippen LogP contribution in [0.4, 0.5) is 0 Å². The largest absolute Gasteiger partial charge is 0.494 e. The topological polar surface area (TPSA) is 51.5 Å². The number of carbonyl (C=O) groups excluding carboxylic acids is 1. The summed E-state index contributed by atoms with van der Waals surface area (Å²) in [6.07, 6.45) is 0. The Morgan fingerprint density at radius 2 is 2.00 bits per heavy atom. The first-order chi connectivity index (χ1) is 9.19. The molecule has 0 radical (unpaired) electrons. The molecule has 0 aliphatic rings. The third-order valence-corrected chi connectivity index (χ3v) is 2.91. The summed E-state index contributed by atoms with van der Waals surface area (Å²) in [5.74, 6) is 0.880. The molecule has 0 aliphatic heterocycles. The van der Waals surface area contributed by atoms with Gasteiger partial charge in [0.25, 0.3) is 5.91 Å². The Morgan fingerprint density at radius 3 is 2.58 bits per heavy atom. The summed E-state index contributed by atoms with van der Waals surface area (Å²) in [7, 11) is 0. The standard InChI is InChI=1S/C14H14BrNO3/c1-2-18-11-5-3-10(4-6-11)9-16-14(17)12-7-8-13(15)19-12/h3-8H,2,9H2,1H3,(H,16,17). The smallest absolute Gasteiger partial charge is 0.287 e. The summed E-state index contributed by atoms with van der Waals surface area (Å²) < 4.78 is 11.1. The molecule has 0 bridgehead atoms. The van der Waals surface area contributed by atoms with E-state index in [1.165, 1.54) is 0 Å². The van der Waals surface area contributed by atoms with E-state index in [2.05, 4.69) is 21.2 Å². The Hall–Kier alpha value is -1.75. The first-order valence-corrected chi connectivity index (χ1v) is 6.73. The molecule has 4 nitrogen and oxygen atoms in total. The molecule has 100 valence electrons. The Kier molecular flexibility index (Phi) is 4.63. The maximum absolute atomic E-state index is 11.8. The van der Waals surface area contributed by atoms with Crippen molar-refractivity contribution in [3.63, 3.8) is 0 Å². The van der Waals surface area contributed by atoms with Gasteiger partial charge in [-0.25, -0.2) is 0 Å². The van der Waals surface area contributed by atoms with Crippen LogP contribution in [0.25, 0.3) is 0 Å². The molecule has 2 rings (SSSR count). The van der Waals surface area contributed by atoms with Crippen LogP contribution in [0, 0.1) is 0 Å². The van der Waals surface area contributed by atoms with Crippen molar-refractivity contribution < 1.29 is 13.9 Å². The zero-order valence-corrected chi connectivity index (χ0v) is 12.1. The molecule has 1 heterocycles. The summed E-state index contributed by atoms with van der Waals surface area (Å²) in [5, 5.41) is 2.79. The summed E-state index contributed by atoms with van der Waals surface area (Å²) in [6, 6.07) is 10.9. The molecule has 1 amide bonds. The van der Waals surface area contributed by atoms with E-state index in [4.69, 9.17) is 9.15 Å². The van der Waals surface area contributed by atoms with Gasteiger partial charge < -0.3 is 14.5 Å². The van der Waals surface area contributed by atoms with Crippen molar-refractivity contribution in [3.8, 4) is 5.75 Å². The molecule has 2 aromatic rings. The summed E-state index contributed by atoms with van der Waals surface area (Å²) in [4.78, 5) is 11.8. The van der Waals surface area contributed by atoms with Gasteiger partial charge in [0.05, 0.1) is 6.61 Å². The maximum Gasteiger partial charge on any atom is 0.287 e. The predicted octanol–water partition coefficient (Wildman–Crippen LogP) is 3.37. The van der Waals surface area contributed by atoms with E-state index in [1.54, 1.807) is 12.1 Å². The SMILES string of the molecule is CCOc1ccc(CNC(=O)c2ccc(Br)o2)cc1. The zero-order valence-electron chi connectivity index (χ0n) is 10.5. The first-order valence-electron chi connectivity index (χ1n) is 5.94. The normalized spacial score (nSPS) is 10.2. The van der Waals surface area contributed by atoms with Gasteiger partial charge in [-0.15, -0.1) is 0 Å². The van der Waals surface area contributed by atoms with E-state index in [0.717, 1.165) is 11.3 Å². The predicted molar refractivity (Wildman–Crippen MR) is 75.2 cm³/mol. The Labute approximate surface area is 119 Å². The fourth-order valence-corrected chi connectivity index (χ4v) is 1.88. The van der Waals surface area contributed by atoms with Gasteiger partial charge in [-0.05, 0) is 52.7 Å². The van der Waals surface area contributed by atoms with Crippen LogP contribution < -0.4 is 10.1 Å². The molecule has 19 heavy (non-hydrogen) atoms. The number of hydrogen-bond donors (Lipinski definition) is 1. The van der Waals surface area contributed by atoms with Gasteiger partial charge in [-0.1, -0.05) is 12.1 Å². The van der Waals surface area contributed by atoms with E-state index < -0.39 is 0 Å². The lowest BCUT2D eigenvalue weighted by molar-refractivity contribution is 0.0922. The molecule has 0 unspecified atom stereocenters. The summed E-state index contributed by atoms with van der Waals surface area (Å²) >= 11 is 3.16. The molecule has 0 saturated carbocycles. The second-order valence-corrected chi connectivity index (χ2v) is 4.64. The van der Waals surface area contributed by atoms with Gasteiger partial charge in [0.1, 0.15) is 5.75 Å². The average Bonchev–Trinajstić information content (AvgIpc) is 2.85. The first kappa shape index (κ1) is 13.7. The molecule has 0 fully saturated rings. The van der Waals surface area contributed by atoms with E-state index >= 15 is 0 Å². The van der Waals surface area contributed by atoms with Crippen LogP contribution in [0.1, 0.15) is 23.0 Å². The molecule has 0 aliphatic carbocycles. The van der Waals surface area contributed by atoms with Crippen molar-refractivity contribution in [2.24, 2.45) is 0 Å². The fraction of sp³-hybridized carbons (Fsp3) is 0.214. The van der Waals surface area contributed by atoms with Crippen LogP contribution in [0.15, 0.2) is 45.5 Å². The van der Waals surface area contributed by atoms with E-state index in [-0.39, 0.29) is 11.7 Å². The van der Waals surface area contributed by atoms with Gasteiger partial charge in [-0.2, -0.15) is 0 Å². The Bertz CT molecular complexity index is 548. The molecule has 5 heteroatoms. The van der Waals surface area contributed by atoms with Gasteiger partial charge >= 0.3 is 0 Å². The molecule has 0 saturated heterocycles. The summed E-state index contributed by atoms with van der Waals surface area (Å²) in [6.45, 7) is 3.03. The minimum atomic E-state index is -0.236. The third-order valence-electron chi connectivity index (χ3n) is 2.48. The van der Waals surface area contributed by atoms with Crippen LogP contribution >= 0.6 is 15.9 Å². The molecule has 1 aromatic heterocycles. The van der Waals surface area contributed by atoms with Crippen molar-refractivity contribution in [1.29, 1.82) is 0 Å². The van der Waals surface area contributed by atoms with Crippen molar-refractivity contribution in [3.05, 3.63) is 52.4 Å². The van der Waals surface area contributed by atoms with Crippen molar-refractivity contribution >= 4 is 21.8 Å². The van der Waals surface area contributed by atoms with Crippen LogP contribution in [0.3, 0.4) is 0 Å². The van der Waals surface area contributed by atoms with Crippen molar-refractivity contribution in [2.45, 2.75) is 13.5 Å². The van der Waals surface area contributed by atoms with E-state index in [0.29, 0.717) is 17.8 Å². The molecule has 1 aromatic carbocycles. The number of hydrogen-bond acceptors (Lipinski definition) is 3. The lowest BCUT2D eigenvalue weighted by Gasteiger charge is -2.06. The van der Waals surface area contributed by atoms with Gasteiger partial charge in [0.15, 0.2) is 10.4 Å². The fourth-order valence-electron chi connectivity index (χ4n) is 1.58. The highest BCUT2D eigenvalue weighted by molar-refractivity contribution is 9.10. The summed E-state index contributed by atoms with van der Waals surface area (Å²) in [5.41, 5.74) is 1.00. The second-order valence-electron chi connectivity index (χ2n) is 3.86. The lowest BCUT2D eigenvalue weighted by atomic mass is 10.2. The van der Waals surface area contributed by atoms with Gasteiger partial charge in [0, 0.05) is 6.54 Å². The second kappa shape index (κ2) is 6.43. The minimum Gasteiger partial charge on any atom is -0.494 e. The third kappa shape index (κ3) is 3.86. The average molecular weight is 324 g/mol. The number of nitrogens with one attached hydrogen (secondary N) is 1. The highest BCUT2D eigenvalue weighted by atomic mass is 79.9. The van der Waals surface area contributed by atoms with Crippen LogP contribution in [0.5, 0.6) is 5.75 Å². The number of amides is 1. The quantitative estimate of drug-likeness (QED) is 0.917. The number of furan rings is 1. The van der Waals surface area contributed by atoms with E-state index in [1.807, 2.05) is 31.2 Å². The van der Waals surface area contributed by atoms with Gasteiger partial charge in [-0.3, -0.25) is 4.79 Å². The Morgan fingerprint density at radius 1 is 1.26 bits per heavy atom. The van der Waals surface area contributed by atoms with Gasteiger partial charge in [0.2, 0.25) is 0 Å². The number of benzene rings is 1. The lowest BCUT2D eigenvalue weighted by Crippen LogP contribution is -2.22. The maximum atomic E-state index is 11.8. The van der Waals surface area contributed by atoms with Crippen LogP contribution in [-0.4, -0.2) is 12.5 Å². The van der Waals surface area contributed by atoms with E-state index in [9.17, 15) is 4.79 Å². The molecule has 0 spiro atoms. The number of halogens is 1. The van der Waals surface area contributed by atoms with Crippen LogP contribution in [0.2, 0.25) is 0 Å². The number of carbonyl (C=O) groups is 1. The molecular formula is C14H14BrNO3. The van der Waals surface area contributed by atoms with Crippen molar-refractivity contribution in [2.75, 3.05) is 6.61 Å². The highest BCUT2D eigenvalue weighted by Gasteiger charge is 2.09. The minimum absolute atomic E-state index is 0.236. The van der Waals surface area contributed by atoms with Crippen LogP contribution in [-0.2, 0) is 6.54 Å². The molecule has 1 N–H and O–H groups in total. The Balaban J connectivity index is 1.89. The highest BCUT2D eigenvalue weighted by Crippen LogP contribution is 2.14. The van der Waals surface area contributed by atoms with Crippen molar-refractivity contribution in [1.82, 2.24) is 5.32 Å². The monoisotopic (exact) mass is 323 g/mol. The molecule has 0 atom stereocenters. The zero-order chi connectivity index (χ0) is 13.7. The number of ether oxygens (including phenoxy) is 1.